The van der Waals surface area contributed by atoms with Crippen LogP contribution in [0.1, 0.15) is 5.56 Å². The van der Waals surface area contributed by atoms with Crippen LogP contribution in [0.25, 0.3) is 6.08 Å². The maximum Gasteiger partial charge on any atom is 0.241 e. The summed E-state index contributed by atoms with van der Waals surface area (Å²) in [4.78, 5) is 10.7. The predicted octanol–water partition coefficient (Wildman–Crippen LogP) is 3.26. The quantitative estimate of drug-likeness (QED) is 0.871. The summed E-state index contributed by atoms with van der Waals surface area (Å²) in [6.45, 7) is 0. The molecule has 0 heterocycles. The monoisotopic (exact) mass is 275 g/mol. The van der Waals surface area contributed by atoms with E-state index in [0.717, 1.165) is 12.1 Å². The lowest BCUT2D eigenvalue weighted by atomic mass is 10.2. The summed E-state index contributed by atoms with van der Waals surface area (Å²) in [5.41, 5.74) is 5.62. The van der Waals surface area contributed by atoms with Gasteiger partial charge in [-0.15, -0.1) is 0 Å². The van der Waals surface area contributed by atoms with E-state index in [1.165, 1.54) is 18.2 Å². The standard InChI is InChI=1S/C15H11F2NO2/c16-12-7-6-11(9-13(12)17)20-14-4-2-1-3-10(14)5-8-15(18)19/h1-9H,(H2,18,19)/b8-5-. The van der Waals surface area contributed by atoms with E-state index in [1.54, 1.807) is 24.3 Å². The van der Waals surface area contributed by atoms with Gasteiger partial charge in [-0.2, -0.15) is 0 Å². The van der Waals surface area contributed by atoms with Gasteiger partial charge in [0.2, 0.25) is 5.91 Å². The van der Waals surface area contributed by atoms with Gasteiger partial charge in [-0.25, -0.2) is 8.78 Å². The lowest BCUT2D eigenvalue weighted by molar-refractivity contribution is -0.113. The zero-order valence-electron chi connectivity index (χ0n) is 10.3. The fourth-order valence-electron chi connectivity index (χ4n) is 1.55. The highest BCUT2D eigenvalue weighted by Gasteiger charge is 2.06. The summed E-state index contributed by atoms with van der Waals surface area (Å²) in [6, 6.07) is 10.1. The van der Waals surface area contributed by atoms with Crippen molar-refractivity contribution in [3.05, 3.63) is 65.7 Å². The molecular weight excluding hydrogens is 264 g/mol. The summed E-state index contributed by atoms with van der Waals surface area (Å²) in [5, 5.41) is 0. The van der Waals surface area contributed by atoms with Crippen molar-refractivity contribution in [1.82, 2.24) is 0 Å². The van der Waals surface area contributed by atoms with Gasteiger partial charge in [0.15, 0.2) is 11.6 Å². The Morgan fingerprint density at radius 3 is 2.55 bits per heavy atom. The Morgan fingerprint density at radius 1 is 1.10 bits per heavy atom. The molecule has 0 aromatic heterocycles. The molecule has 2 aromatic rings. The first-order valence-corrected chi connectivity index (χ1v) is 5.76. The van der Waals surface area contributed by atoms with Crippen molar-refractivity contribution in [3.8, 4) is 11.5 Å². The van der Waals surface area contributed by atoms with Crippen molar-refractivity contribution in [2.45, 2.75) is 0 Å². The summed E-state index contributed by atoms with van der Waals surface area (Å²) in [5.74, 6) is -1.97. The molecule has 0 radical (unpaired) electrons. The Hall–Kier alpha value is -2.69. The number of nitrogens with two attached hydrogens (primary N) is 1. The molecule has 3 nitrogen and oxygen atoms in total. The van der Waals surface area contributed by atoms with Gasteiger partial charge in [-0.05, 0) is 24.3 Å². The van der Waals surface area contributed by atoms with Crippen molar-refractivity contribution >= 4 is 12.0 Å². The Labute approximate surface area is 114 Å². The molecule has 5 heteroatoms. The highest BCUT2D eigenvalue weighted by molar-refractivity contribution is 5.90. The normalized spacial score (nSPS) is 10.7. The number of hydrogen-bond acceptors (Lipinski definition) is 2. The van der Waals surface area contributed by atoms with Crippen molar-refractivity contribution in [2.24, 2.45) is 5.73 Å². The second kappa shape index (κ2) is 5.97. The summed E-state index contributed by atoms with van der Waals surface area (Å²) in [7, 11) is 0. The molecule has 0 aliphatic carbocycles. The van der Waals surface area contributed by atoms with Gasteiger partial charge in [-0.3, -0.25) is 4.79 Å². The topological polar surface area (TPSA) is 52.3 Å². The van der Waals surface area contributed by atoms with Gasteiger partial charge in [0.05, 0.1) is 0 Å². The summed E-state index contributed by atoms with van der Waals surface area (Å²) < 4.78 is 31.4. The van der Waals surface area contributed by atoms with Gasteiger partial charge in [0, 0.05) is 17.7 Å². The number of hydrogen-bond donors (Lipinski definition) is 1. The second-order valence-electron chi connectivity index (χ2n) is 3.95. The summed E-state index contributed by atoms with van der Waals surface area (Å²) >= 11 is 0. The molecular formula is C15H11F2NO2. The molecule has 0 saturated carbocycles. The molecule has 0 aliphatic rings. The van der Waals surface area contributed by atoms with E-state index >= 15 is 0 Å². The number of rotatable bonds is 4. The number of para-hydroxylation sites is 1. The number of carbonyl (C=O) groups is 1. The van der Waals surface area contributed by atoms with Crippen LogP contribution in [0.15, 0.2) is 48.5 Å². The maximum absolute atomic E-state index is 13.1. The molecule has 0 spiro atoms. The largest absolute Gasteiger partial charge is 0.457 e. The molecule has 0 bridgehead atoms. The van der Waals surface area contributed by atoms with Crippen molar-refractivity contribution in [1.29, 1.82) is 0 Å². The van der Waals surface area contributed by atoms with Crippen molar-refractivity contribution < 1.29 is 18.3 Å². The first-order chi connectivity index (χ1) is 9.56. The number of primary amides is 1. The molecule has 20 heavy (non-hydrogen) atoms. The number of halogens is 2. The second-order valence-corrected chi connectivity index (χ2v) is 3.95. The number of carbonyl (C=O) groups excluding carboxylic acids is 1. The van der Waals surface area contributed by atoms with E-state index in [0.29, 0.717) is 11.3 Å². The van der Waals surface area contributed by atoms with Crippen LogP contribution in [0, 0.1) is 11.6 Å². The van der Waals surface area contributed by atoms with Gasteiger partial charge >= 0.3 is 0 Å². The van der Waals surface area contributed by atoms with E-state index in [2.05, 4.69) is 0 Å². The van der Waals surface area contributed by atoms with E-state index in [4.69, 9.17) is 10.5 Å². The summed E-state index contributed by atoms with van der Waals surface area (Å²) in [6.07, 6.45) is 2.67. The average Bonchev–Trinajstić information content (AvgIpc) is 2.42. The average molecular weight is 275 g/mol. The van der Waals surface area contributed by atoms with Crippen LogP contribution in [0.5, 0.6) is 11.5 Å². The lowest BCUT2D eigenvalue weighted by Gasteiger charge is -2.08. The molecule has 0 aliphatic heterocycles. The first-order valence-electron chi connectivity index (χ1n) is 5.76. The third-order valence-electron chi connectivity index (χ3n) is 2.47. The molecule has 0 unspecified atom stereocenters. The zero-order chi connectivity index (χ0) is 14.5. The Bertz CT molecular complexity index is 669. The van der Waals surface area contributed by atoms with E-state index in [1.807, 2.05) is 0 Å². The highest BCUT2D eigenvalue weighted by atomic mass is 19.2. The van der Waals surface area contributed by atoms with Crippen molar-refractivity contribution in [2.75, 3.05) is 0 Å². The fourth-order valence-corrected chi connectivity index (χ4v) is 1.55. The van der Waals surface area contributed by atoms with Crippen molar-refractivity contribution in [3.63, 3.8) is 0 Å². The van der Waals surface area contributed by atoms with Crippen LogP contribution in [-0.2, 0) is 4.79 Å². The molecule has 2 aromatic carbocycles. The van der Waals surface area contributed by atoms with E-state index in [9.17, 15) is 13.6 Å². The molecule has 2 N–H and O–H groups in total. The SMILES string of the molecule is NC(=O)/C=C\c1ccccc1Oc1ccc(F)c(F)c1. The number of ether oxygens (including phenoxy) is 1. The Kier molecular flexibility index (Phi) is 4.10. The molecule has 1 amide bonds. The molecule has 0 fully saturated rings. The lowest BCUT2D eigenvalue weighted by Crippen LogP contribution is -2.05. The van der Waals surface area contributed by atoms with Gasteiger partial charge < -0.3 is 10.5 Å². The number of benzene rings is 2. The van der Waals surface area contributed by atoms with Gasteiger partial charge in [0.25, 0.3) is 0 Å². The minimum atomic E-state index is -0.993. The van der Waals surface area contributed by atoms with E-state index < -0.39 is 17.5 Å². The van der Waals surface area contributed by atoms with Crippen LogP contribution in [0.4, 0.5) is 8.78 Å². The molecule has 0 saturated heterocycles. The van der Waals surface area contributed by atoms with Gasteiger partial charge in [-0.1, -0.05) is 18.2 Å². The molecule has 2 rings (SSSR count). The van der Waals surface area contributed by atoms with Crippen LogP contribution in [0.3, 0.4) is 0 Å². The van der Waals surface area contributed by atoms with Crippen LogP contribution in [-0.4, -0.2) is 5.91 Å². The predicted molar refractivity (Wildman–Crippen MR) is 71.1 cm³/mol. The first kappa shape index (κ1) is 13.7. The smallest absolute Gasteiger partial charge is 0.241 e. The molecule has 102 valence electrons. The third kappa shape index (κ3) is 3.41. The van der Waals surface area contributed by atoms with Crippen LogP contribution < -0.4 is 10.5 Å². The van der Waals surface area contributed by atoms with Gasteiger partial charge in [0.1, 0.15) is 11.5 Å². The Balaban J connectivity index is 2.29. The minimum Gasteiger partial charge on any atom is -0.457 e. The van der Waals surface area contributed by atoms with Crippen LogP contribution in [0.2, 0.25) is 0 Å². The zero-order valence-corrected chi connectivity index (χ0v) is 10.3. The third-order valence-corrected chi connectivity index (χ3v) is 2.47. The Morgan fingerprint density at radius 2 is 1.85 bits per heavy atom. The van der Waals surface area contributed by atoms with E-state index in [-0.39, 0.29) is 5.75 Å². The molecule has 0 atom stereocenters. The number of amides is 1. The van der Waals surface area contributed by atoms with Crippen LogP contribution >= 0.6 is 0 Å². The minimum absolute atomic E-state index is 0.156. The maximum atomic E-state index is 13.1. The highest BCUT2D eigenvalue weighted by Crippen LogP contribution is 2.27. The fraction of sp³-hybridized carbons (Fsp3) is 0.